The summed E-state index contributed by atoms with van der Waals surface area (Å²) in [5, 5.41) is 18.9. The minimum absolute atomic E-state index is 0.244. The van der Waals surface area contributed by atoms with E-state index in [1.807, 2.05) is 25.1 Å². The van der Waals surface area contributed by atoms with Gasteiger partial charge in [-0.3, -0.25) is 4.90 Å². The van der Waals surface area contributed by atoms with Crippen LogP contribution in [-0.4, -0.2) is 49.8 Å². The molecule has 1 saturated carbocycles. The lowest BCUT2D eigenvalue weighted by Crippen LogP contribution is -2.35. The van der Waals surface area contributed by atoms with E-state index in [-0.39, 0.29) is 17.8 Å². The number of carboxylic acid groups (broad SMARTS) is 1. The standard InChI is InChI=1S/C32H36FN3O5/c1-20-6-8-26(27(33)14-20)32(2)40-28-5-3-4-25(31(28)41-32)22-10-12-35(13-11-22)19-29-34-17-23(7-9-30(38)39)36(29)18-21-15-24(37)16-21/h3-9,14,17,21-22,24,37H,10-13,15-16,18-19H2,1-2H3,(H,38,39)/b9-7+. The van der Waals surface area contributed by atoms with Crippen LogP contribution in [0.5, 0.6) is 11.5 Å². The van der Waals surface area contributed by atoms with Crippen LogP contribution in [0.3, 0.4) is 0 Å². The fraction of sp³-hybridized carbons (Fsp3) is 0.438. The molecule has 9 heteroatoms. The fourth-order valence-electron chi connectivity index (χ4n) is 6.33. The van der Waals surface area contributed by atoms with Gasteiger partial charge in [-0.15, -0.1) is 0 Å². The number of carbonyl (C=O) groups is 1. The highest BCUT2D eigenvalue weighted by Crippen LogP contribution is 2.49. The maximum absolute atomic E-state index is 14.9. The van der Waals surface area contributed by atoms with Gasteiger partial charge in [0.05, 0.1) is 30.1 Å². The Morgan fingerprint density at radius 3 is 2.68 bits per heavy atom. The van der Waals surface area contributed by atoms with Gasteiger partial charge in [0, 0.05) is 25.1 Å². The molecule has 3 heterocycles. The lowest BCUT2D eigenvalue weighted by molar-refractivity contribution is -0.131. The molecule has 0 spiro atoms. The number of piperidine rings is 1. The fourth-order valence-corrected chi connectivity index (χ4v) is 6.33. The Morgan fingerprint density at radius 2 is 1.98 bits per heavy atom. The molecule has 2 aromatic carbocycles. The SMILES string of the molecule is Cc1ccc(C2(C)Oc3cccc(C4CCN(Cc5ncc(/C=C/C(=O)O)n5CC5CC(O)C5)CC4)c3O2)c(F)c1. The molecule has 6 rings (SSSR count). The van der Waals surface area contributed by atoms with Crippen molar-refractivity contribution in [3.05, 3.63) is 82.7 Å². The van der Waals surface area contributed by atoms with Crippen molar-refractivity contribution in [3.8, 4) is 11.5 Å². The lowest BCUT2D eigenvalue weighted by Gasteiger charge is -2.34. The molecule has 2 aliphatic heterocycles. The van der Waals surface area contributed by atoms with Crippen LogP contribution in [-0.2, 0) is 23.7 Å². The number of carboxylic acids is 1. The first-order valence-corrected chi connectivity index (χ1v) is 14.3. The van der Waals surface area contributed by atoms with Gasteiger partial charge < -0.3 is 24.3 Å². The first-order valence-electron chi connectivity index (χ1n) is 14.3. The zero-order valence-corrected chi connectivity index (χ0v) is 23.4. The maximum Gasteiger partial charge on any atom is 0.328 e. The molecule has 1 unspecified atom stereocenters. The number of likely N-dealkylation sites (tertiary alicyclic amines) is 1. The molecule has 2 fully saturated rings. The third-order valence-electron chi connectivity index (χ3n) is 8.63. The third-order valence-corrected chi connectivity index (χ3v) is 8.63. The van der Waals surface area contributed by atoms with Crippen molar-refractivity contribution in [2.75, 3.05) is 13.1 Å². The second-order valence-corrected chi connectivity index (χ2v) is 11.7. The molecule has 3 aromatic rings. The highest BCUT2D eigenvalue weighted by molar-refractivity contribution is 5.84. The Labute approximate surface area is 239 Å². The number of fused-ring (bicyclic) bond motifs is 1. The second kappa shape index (κ2) is 10.9. The number of benzene rings is 2. The zero-order chi connectivity index (χ0) is 28.7. The summed E-state index contributed by atoms with van der Waals surface area (Å²) in [5.74, 6) is 0.316. The average Bonchev–Trinajstić information content (AvgIpc) is 3.46. The van der Waals surface area contributed by atoms with Gasteiger partial charge in [-0.2, -0.15) is 0 Å². The van der Waals surface area contributed by atoms with Crippen molar-refractivity contribution in [1.82, 2.24) is 14.5 Å². The molecule has 41 heavy (non-hydrogen) atoms. The van der Waals surface area contributed by atoms with Crippen LogP contribution in [0.1, 0.15) is 66.7 Å². The molecule has 2 N–H and O–H groups in total. The van der Waals surface area contributed by atoms with Gasteiger partial charge >= 0.3 is 5.97 Å². The Bertz CT molecular complexity index is 1470. The largest absolute Gasteiger partial charge is 0.478 e. The summed E-state index contributed by atoms with van der Waals surface area (Å²) in [6, 6.07) is 11.0. The summed E-state index contributed by atoms with van der Waals surface area (Å²) in [7, 11) is 0. The van der Waals surface area contributed by atoms with E-state index in [4.69, 9.17) is 14.6 Å². The Kier molecular flexibility index (Phi) is 7.34. The number of rotatable bonds is 8. The van der Waals surface area contributed by atoms with Gasteiger partial charge in [-0.05, 0) is 87.4 Å². The van der Waals surface area contributed by atoms with E-state index in [9.17, 15) is 14.3 Å². The molecule has 216 valence electrons. The lowest BCUT2D eigenvalue weighted by atomic mass is 9.82. The summed E-state index contributed by atoms with van der Waals surface area (Å²) >= 11 is 0. The number of aliphatic hydroxyl groups is 1. The third kappa shape index (κ3) is 5.61. The van der Waals surface area contributed by atoms with Crippen LogP contribution in [0.25, 0.3) is 6.08 Å². The van der Waals surface area contributed by atoms with Gasteiger partial charge in [0.15, 0.2) is 11.5 Å². The van der Waals surface area contributed by atoms with Crippen molar-refractivity contribution >= 4 is 12.0 Å². The van der Waals surface area contributed by atoms with E-state index >= 15 is 0 Å². The number of nitrogens with zero attached hydrogens (tertiary/aromatic N) is 3. The van der Waals surface area contributed by atoms with Crippen molar-refractivity contribution < 1.29 is 28.9 Å². The smallest absolute Gasteiger partial charge is 0.328 e. The summed E-state index contributed by atoms with van der Waals surface area (Å²) < 4.78 is 29.5. The molecular weight excluding hydrogens is 525 g/mol. The minimum Gasteiger partial charge on any atom is -0.478 e. The predicted molar refractivity (Wildman–Crippen MR) is 151 cm³/mol. The number of halogens is 1. The number of para-hydroxylation sites is 1. The predicted octanol–water partition coefficient (Wildman–Crippen LogP) is 5.22. The van der Waals surface area contributed by atoms with E-state index in [0.29, 0.717) is 29.5 Å². The second-order valence-electron chi connectivity index (χ2n) is 11.7. The van der Waals surface area contributed by atoms with Crippen molar-refractivity contribution in [1.29, 1.82) is 0 Å². The molecule has 1 saturated heterocycles. The number of ether oxygens (including phenoxy) is 2. The van der Waals surface area contributed by atoms with Crippen LogP contribution < -0.4 is 9.47 Å². The van der Waals surface area contributed by atoms with Gasteiger partial charge in [0.2, 0.25) is 0 Å². The van der Waals surface area contributed by atoms with Gasteiger partial charge in [-0.25, -0.2) is 14.2 Å². The summed E-state index contributed by atoms with van der Waals surface area (Å²) in [4.78, 5) is 18.1. The molecule has 3 aliphatic rings. The number of imidazole rings is 1. The minimum atomic E-state index is -1.22. The molecule has 1 aliphatic carbocycles. The number of aliphatic hydroxyl groups excluding tert-OH is 1. The molecule has 1 aromatic heterocycles. The van der Waals surface area contributed by atoms with E-state index in [1.165, 1.54) is 6.07 Å². The van der Waals surface area contributed by atoms with Gasteiger partial charge in [0.25, 0.3) is 5.79 Å². The number of hydrogen-bond acceptors (Lipinski definition) is 6. The quantitative estimate of drug-likeness (QED) is 0.364. The summed E-state index contributed by atoms with van der Waals surface area (Å²) in [6.07, 6.45) is 7.59. The van der Waals surface area contributed by atoms with E-state index in [1.54, 1.807) is 25.3 Å². The molecule has 1 atom stereocenters. The number of aromatic nitrogens is 2. The average molecular weight is 562 g/mol. The number of aryl methyl sites for hydroxylation is 1. The van der Waals surface area contributed by atoms with Crippen LogP contribution in [0.2, 0.25) is 0 Å². The van der Waals surface area contributed by atoms with Gasteiger partial charge in [0.1, 0.15) is 11.6 Å². The van der Waals surface area contributed by atoms with Crippen LogP contribution in [0.4, 0.5) is 4.39 Å². The first kappa shape index (κ1) is 27.5. The summed E-state index contributed by atoms with van der Waals surface area (Å²) in [5.41, 5.74) is 3.08. The van der Waals surface area contributed by atoms with E-state index in [2.05, 4.69) is 20.5 Å². The van der Waals surface area contributed by atoms with Crippen LogP contribution in [0, 0.1) is 18.7 Å². The van der Waals surface area contributed by atoms with E-state index < -0.39 is 11.8 Å². The Morgan fingerprint density at radius 1 is 1.20 bits per heavy atom. The van der Waals surface area contributed by atoms with Crippen molar-refractivity contribution in [2.45, 2.75) is 70.4 Å². The van der Waals surface area contributed by atoms with Crippen LogP contribution in [0.15, 0.2) is 48.7 Å². The van der Waals surface area contributed by atoms with Gasteiger partial charge in [-0.1, -0.05) is 18.2 Å². The highest BCUT2D eigenvalue weighted by Gasteiger charge is 2.43. The van der Waals surface area contributed by atoms with Crippen molar-refractivity contribution in [2.24, 2.45) is 5.92 Å². The zero-order valence-electron chi connectivity index (χ0n) is 23.4. The monoisotopic (exact) mass is 561 g/mol. The molecule has 0 amide bonds. The first-order chi connectivity index (χ1) is 19.7. The normalized spacial score (nSPS) is 24.6. The Hall–Kier alpha value is -3.69. The summed E-state index contributed by atoms with van der Waals surface area (Å²) in [6.45, 7) is 6.74. The molecule has 0 bridgehead atoms. The van der Waals surface area contributed by atoms with Crippen molar-refractivity contribution in [3.63, 3.8) is 0 Å². The number of aliphatic carboxylic acids is 1. The maximum atomic E-state index is 14.9. The molecule has 8 nitrogen and oxygen atoms in total. The molecular formula is C32H36FN3O5. The number of hydrogen-bond donors (Lipinski definition) is 2. The van der Waals surface area contributed by atoms with Crippen LogP contribution >= 0.6 is 0 Å². The highest BCUT2D eigenvalue weighted by atomic mass is 19.1. The Balaban J connectivity index is 1.14. The topological polar surface area (TPSA) is 97.1 Å². The van der Waals surface area contributed by atoms with E-state index in [0.717, 1.165) is 74.0 Å². The molecule has 0 radical (unpaired) electrons.